The van der Waals surface area contributed by atoms with Gasteiger partial charge in [0.05, 0.1) is 4.90 Å². The molecule has 22 heavy (non-hydrogen) atoms. The van der Waals surface area contributed by atoms with Crippen molar-refractivity contribution in [2.75, 3.05) is 26.0 Å². The number of rotatable bonds is 6. The second kappa shape index (κ2) is 7.80. The first-order valence-corrected chi connectivity index (χ1v) is 8.67. The number of carboxylic acid groups (broad SMARTS) is 1. The number of sulfone groups is 1. The number of hydrogen-bond donors (Lipinski definition) is 1. The van der Waals surface area contributed by atoms with Crippen LogP contribution < -0.4 is 4.74 Å². The van der Waals surface area contributed by atoms with Crippen molar-refractivity contribution in [1.82, 2.24) is 4.90 Å². The second-order valence-electron chi connectivity index (χ2n) is 5.13. The Balaban J connectivity index is 0.00000242. The van der Waals surface area contributed by atoms with Gasteiger partial charge in [-0.15, -0.1) is 12.4 Å². The van der Waals surface area contributed by atoms with Gasteiger partial charge in [0.15, 0.2) is 9.84 Å². The summed E-state index contributed by atoms with van der Waals surface area (Å²) in [5, 5.41) is 9.08. The fraction of sp³-hybridized carbons (Fsp3) is 0.500. The molecule has 1 N–H and O–H groups in total. The van der Waals surface area contributed by atoms with Crippen molar-refractivity contribution in [3.05, 3.63) is 24.3 Å². The summed E-state index contributed by atoms with van der Waals surface area (Å²) in [6.45, 7) is 1.60. The lowest BCUT2D eigenvalue weighted by Crippen LogP contribution is -2.38. The fourth-order valence-corrected chi connectivity index (χ4v) is 3.10. The minimum absolute atomic E-state index is 0. The van der Waals surface area contributed by atoms with Gasteiger partial charge < -0.3 is 9.84 Å². The highest BCUT2D eigenvalue weighted by Crippen LogP contribution is 2.19. The first kappa shape index (κ1) is 18.7. The highest BCUT2D eigenvalue weighted by atomic mass is 35.5. The van der Waals surface area contributed by atoms with Crippen LogP contribution in [0.1, 0.15) is 12.8 Å². The van der Waals surface area contributed by atoms with Crippen molar-refractivity contribution in [3.63, 3.8) is 0 Å². The molecule has 1 atom stereocenters. The van der Waals surface area contributed by atoms with Crippen LogP contribution in [0.3, 0.4) is 0 Å². The maximum Gasteiger partial charge on any atom is 0.320 e. The monoisotopic (exact) mass is 349 g/mol. The maximum absolute atomic E-state index is 11.5. The van der Waals surface area contributed by atoms with Crippen LogP contribution in [0, 0.1) is 0 Å². The lowest BCUT2D eigenvalue weighted by atomic mass is 10.2. The Morgan fingerprint density at radius 1 is 1.45 bits per heavy atom. The van der Waals surface area contributed by atoms with E-state index in [2.05, 4.69) is 0 Å². The van der Waals surface area contributed by atoms with Crippen molar-refractivity contribution in [2.45, 2.75) is 23.8 Å². The van der Waals surface area contributed by atoms with E-state index in [0.717, 1.165) is 19.2 Å². The summed E-state index contributed by atoms with van der Waals surface area (Å²) in [5.74, 6) is -0.324. The van der Waals surface area contributed by atoms with E-state index in [-0.39, 0.29) is 17.3 Å². The van der Waals surface area contributed by atoms with Crippen molar-refractivity contribution in [1.29, 1.82) is 0 Å². The van der Waals surface area contributed by atoms with E-state index in [0.29, 0.717) is 25.3 Å². The normalized spacial score (nSPS) is 18.7. The van der Waals surface area contributed by atoms with E-state index in [1.807, 2.05) is 4.90 Å². The average Bonchev–Trinajstić information content (AvgIpc) is 2.87. The molecule has 1 fully saturated rings. The molecule has 0 spiro atoms. The molecule has 2 rings (SSSR count). The minimum Gasteiger partial charge on any atom is -0.492 e. The summed E-state index contributed by atoms with van der Waals surface area (Å²) in [4.78, 5) is 13.1. The topological polar surface area (TPSA) is 83.9 Å². The van der Waals surface area contributed by atoms with Gasteiger partial charge in [-0.05, 0) is 37.6 Å². The average molecular weight is 350 g/mol. The molecule has 0 aliphatic carbocycles. The molecule has 1 aromatic carbocycles. The number of carboxylic acids is 1. The van der Waals surface area contributed by atoms with E-state index < -0.39 is 21.8 Å². The number of aliphatic carboxylic acids is 1. The number of likely N-dealkylation sites (tertiary alicyclic amines) is 1. The summed E-state index contributed by atoms with van der Waals surface area (Å²) in [6.07, 6.45) is 2.69. The Hall–Kier alpha value is -1.31. The molecule has 1 aliphatic rings. The number of benzene rings is 1. The number of hydrogen-bond acceptors (Lipinski definition) is 5. The van der Waals surface area contributed by atoms with Crippen LogP contribution in [-0.4, -0.2) is 56.4 Å². The molecular formula is C14H20ClNO5S. The third-order valence-electron chi connectivity index (χ3n) is 3.53. The van der Waals surface area contributed by atoms with Gasteiger partial charge >= 0.3 is 5.97 Å². The van der Waals surface area contributed by atoms with E-state index in [9.17, 15) is 13.2 Å². The molecule has 0 saturated carbocycles. The molecule has 6 nitrogen and oxygen atoms in total. The molecule has 1 aromatic rings. The second-order valence-corrected chi connectivity index (χ2v) is 7.14. The molecule has 0 amide bonds. The molecule has 124 valence electrons. The zero-order valence-electron chi connectivity index (χ0n) is 12.3. The van der Waals surface area contributed by atoms with Gasteiger partial charge in [0, 0.05) is 12.8 Å². The van der Waals surface area contributed by atoms with Gasteiger partial charge in [0.25, 0.3) is 0 Å². The van der Waals surface area contributed by atoms with Crippen molar-refractivity contribution >= 4 is 28.2 Å². The first-order valence-electron chi connectivity index (χ1n) is 6.78. The van der Waals surface area contributed by atoms with Gasteiger partial charge in [0.2, 0.25) is 0 Å². The van der Waals surface area contributed by atoms with Gasteiger partial charge in [-0.1, -0.05) is 6.07 Å². The predicted octanol–water partition coefficient (Wildman–Crippen LogP) is 1.44. The first-order chi connectivity index (χ1) is 9.88. The Labute approximate surface area is 136 Å². The van der Waals surface area contributed by atoms with Crippen molar-refractivity contribution in [2.24, 2.45) is 0 Å². The minimum atomic E-state index is -3.25. The Morgan fingerprint density at radius 2 is 2.18 bits per heavy atom. The van der Waals surface area contributed by atoms with Gasteiger partial charge in [-0.2, -0.15) is 0 Å². The fourth-order valence-electron chi connectivity index (χ4n) is 2.45. The van der Waals surface area contributed by atoms with Crippen LogP contribution in [0.2, 0.25) is 0 Å². The molecular weight excluding hydrogens is 330 g/mol. The molecule has 0 radical (unpaired) electrons. The van der Waals surface area contributed by atoms with Crippen LogP contribution >= 0.6 is 12.4 Å². The van der Waals surface area contributed by atoms with Gasteiger partial charge in [-0.25, -0.2) is 8.42 Å². The molecule has 0 bridgehead atoms. The van der Waals surface area contributed by atoms with E-state index >= 15 is 0 Å². The highest BCUT2D eigenvalue weighted by Gasteiger charge is 2.29. The lowest BCUT2D eigenvalue weighted by Gasteiger charge is -2.20. The van der Waals surface area contributed by atoms with E-state index in [4.69, 9.17) is 9.84 Å². The standard InChI is InChI=1S/C14H19NO5S.ClH/c1-21(18,19)12-5-2-4-11(10-12)20-9-8-15-7-3-6-13(15)14(16)17;/h2,4-5,10,13H,3,6-9H2,1H3,(H,16,17);1H. The number of halogens is 1. The van der Waals surface area contributed by atoms with Crippen LogP contribution in [0.4, 0.5) is 0 Å². The number of nitrogens with zero attached hydrogens (tertiary/aromatic N) is 1. The number of carbonyl (C=O) groups is 1. The van der Waals surface area contributed by atoms with Gasteiger partial charge in [-0.3, -0.25) is 9.69 Å². The summed E-state index contributed by atoms with van der Waals surface area (Å²) < 4.78 is 28.4. The summed E-state index contributed by atoms with van der Waals surface area (Å²) in [6, 6.07) is 5.88. The molecule has 1 saturated heterocycles. The summed E-state index contributed by atoms with van der Waals surface area (Å²) in [5.41, 5.74) is 0. The van der Waals surface area contributed by atoms with Crippen molar-refractivity contribution < 1.29 is 23.1 Å². The van der Waals surface area contributed by atoms with Crippen LogP contribution in [0.25, 0.3) is 0 Å². The Kier molecular flexibility index (Phi) is 6.65. The zero-order chi connectivity index (χ0) is 15.5. The molecule has 0 aromatic heterocycles. The highest BCUT2D eigenvalue weighted by molar-refractivity contribution is 7.90. The third-order valence-corrected chi connectivity index (χ3v) is 4.64. The summed E-state index contributed by atoms with van der Waals surface area (Å²) >= 11 is 0. The smallest absolute Gasteiger partial charge is 0.320 e. The predicted molar refractivity (Wildman–Crippen MR) is 84.5 cm³/mol. The SMILES string of the molecule is CS(=O)(=O)c1cccc(OCCN2CCCC2C(=O)O)c1.Cl. The van der Waals surface area contributed by atoms with Crippen LogP contribution in [0.15, 0.2) is 29.2 Å². The van der Waals surface area contributed by atoms with Gasteiger partial charge in [0.1, 0.15) is 18.4 Å². The zero-order valence-corrected chi connectivity index (χ0v) is 13.9. The maximum atomic E-state index is 11.5. The van der Waals surface area contributed by atoms with Crippen molar-refractivity contribution in [3.8, 4) is 5.75 Å². The molecule has 1 unspecified atom stereocenters. The quantitative estimate of drug-likeness (QED) is 0.836. The molecule has 1 aliphatic heterocycles. The van der Waals surface area contributed by atoms with E-state index in [1.54, 1.807) is 12.1 Å². The van der Waals surface area contributed by atoms with E-state index in [1.165, 1.54) is 12.1 Å². The number of ether oxygens (including phenoxy) is 1. The largest absolute Gasteiger partial charge is 0.492 e. The Morgan fingerprint density at radius 3 is 2.82 bits per heavy atom. The molecule has 1 heterocycles. The van der Waals surface area contributed by atoms with Crippen LogP contribution in [-0.2, 0) is 14.6 Å². The molecule has 8 heteroatoms. The lowest BCUT2D eigenvalue weighted by molar-refractivity contribution is -0.142. The third kappa shape index (κ3) is 4.86. The Bertz CT molecular complexity index is 619. The summed E-state index contributed by atoms with van der Waals surface area (Å²) in [7, 11) is -3.25. The van der Waals surface area contributed by atoms with Crippen LogP contribution in [0.5, 0.6) is 5.75 Å².